The number of carbonyl (C=O) groups is 2. The van der Waals surface area contributed by atoms with Gasteiger partial charge in [-0.25, -0.2) is 17.9 Å². The zero-order valence-corrected chi connectivity index (χ0v) is 15.4. The second-order valence-corrected chi connectivity index (χ2v) is 7.80. The predicted molar refractivity (Wildman–Crippen MR) is 97.6 cm³/mol. The molecular formula is C16H24N4O5S. The van der Waals surface area contributed by atoms with Crippen LogP contribution in [0, 0.1) is 0 Å². The van der Waals surface area contributed by atoms with E-state index in [4.69, 9.17) is 4.74 Å². The van der Waals surface area contributed by atoms with Crippen LogP contribution < -0.4 is 20.7 Å². The number of sulfonamides is 1. The number of benzene rings is 1. The quantitative estimate of drug-likeness (QED) is 0.479. The van der Waals surface area contributed by atoms with Gasteiger partial charge in [-0.15, -0.1) is 0 Å². The van der Waals surface area contributed by atoms with Crippen molar-refractivity contribution in [3.63, 3.8) is 0 Å². The molecule has 1 aliphatic heterocycles. The summed E-state index contributed by atoms with van der Waals surface area (Å²) in [5.74, 6) is -0.191. The van der Waals surface area contributed by atoms with Gasteiger partial charge in [0, 0.05) is 37.5 Å². The highest BCUT2D eigenvalue weighted by molar-refractivity contribution is 7.88. The number of hydrogen-bond donors (Lipinski definition) is 4. The average molecular weight is 384 g/mol. The lowest BCUT2D eigenvalue weighted by molar-refractivity contribution is 0.0858. The molecule has 1 saturated heterocycles. The Bertz CT molecular complexity index is 715. The van der Waals surface area contributed by atoms with Crippen molar-refractivity contribution in [1.29, 1.82) is 0 Å². The van der Waals surface area contributed by atoms with Crippen LogP contribution in [0.1, 0.15) is 23.2 Å². The molecule has 3 amide bonds. The lowest BCUT2D eigenvalue weighted by Gasteiger charge is -2.11. The molecule has 0 radical (unpaired) electrons. The van der Waals surface area contributed by atoms with Crippen LogP contribution in [0.2, 0.25) is 0 Å². The fourth-order valence-electron chi connectivity index (χ4n) is 2.41. The number of nitrogens with one attached hydrogen (secondary N) is 4. The van der Waals surface area contributed by atoms with Gasteiger partial charge in [-0.2, -0.15) is 0 Å². The van der Waals surface area contributed by atoms with E-state index in [-0.39, 0.29) is 25.1 Å². The number of anilines is 1. The number of urea groups is 1. The van der Waals surface area contributed by atoms with E-state index in [0.29, 0.717) is 17.8 Å². The first-order valence-corrected chi connectivity index (χ1v) is 10.2. The summed E-state index contributed by atoms with van der Waals surface area (Å²) in [6.45, 7) is 1.49. The van der Waals surface area contributed by atoms with Gasteiger partial charge < -0.3 is 20.7 Å². The van der Waals surface area contributed by atoms with Crippen molar-refractivity contribution < 1.29 is 22.7 Å². The van der Waals surface area contributed by atoms with Crippen LogP contribution in [-0.2, 0) is 14.8 Å². The number of rotatable bonds is 8. The first-order valence-electron chi connectivity index (χ1n) is 8.33. The zero-order valence-electron chi connectivity index (χ0n) is 14.6. The van der Waals surface area contributed by atoms with Crippen LogP contribution in [0.5, 0.6) is 0 Å². The molecule has 9 nitrogen and oxygen atoms in total. The largest absolute Gasteiger partial charge is 0.376 e. The summed E-state index contributed by atoms with van der Waals surface area (Å²) in [4.78, 5) is 23.8. The first kappa shape index (κ1) is 20.1. The number of hydrogen-bond acceptors (Lipinski definition) is 5. The number of amides is 3. The lowest BCUT2D eigenvalue weighted by Crippen LogP contribution is -2.36. The van der Waals surface area contributed by atoms with Crippen molar-refractivity contribution >= 4 is 27.6 Å². The van der Waals surface area contributed by atoms with Crippen molar-refractivity contribution in [1.82, 2.24) is 15.4 Å². The topological polar surface area (TPSA) is 126 Å². The molecule has 0 aromatic heterocycles. The molecule has 144 valence electrons. The monoisotopic (exact) mass is 384 g/mol. The molecule has 1 aliphatic rings. The average Bonchev–Trinajstić information content (AvgIpc) is 3.10. The third-order valence-corrected chi connectivity index (χ3v) is 4.42. The maximum atomic E-state index is 12.1. The normalized spacial score (nSPS) is 16.9. The van der Waals surface area contributed by atoms with Gasteiger partial charge in [0.25, 0.3) is 5.91 Å². The van der Waals surface area contributed by atoms with Crippen LogP contribution >= 0.6 is 0 Å². The molecule has 0 bridgehead atoms. The van der Waals surface area contributed by atoms with E-state index in [9.17, 15) is 18.0 Å². The van der Waals surface area contributed by atoms with Gasteiger partial charge in [0.2, 0.25) is 10.0 Å². The molecule has 1 aromatic rings. The Morgan fingerprint density at radius 3 is 2.50 bits per heavy atom. The molecule has 0 unspecified atom stereocenters. The standard InChI is InChI=1S/C16H24N4O5S/c1-26(23,24)19-9-8-17-16(22)20-13-6-4-12(5-7-13)15(21)18-11-14-3-2-10-25-14/h4-7,14,19H,2-3,8-11H2,1H3,(H,18,21)(H2,17,20,22)/t14-/m0/s1. The Hall–Kier alpha value is -2.17. The molecule has 4 N–H and O–H groups in total. The predicted octanol–water partition coefficient (Wildman–Crippen LogP) is 0.266. The highest BCUT2D eigenvalue weighted by Gasteiger charge is 2.16. The Balaban J connectivity index is 1.72. The van der Waals surface area contributed by atoms with Crippen LogP contribution in [-0.4, -0.2) is 59.0 Å². The summed E-state index contributed by atoms with van der Waals surface area (Å²) in [6.07, 6.45) is 3.11. The van der Waals surface area contributed by atoms with Gasteiger partial charge in [-0.05, 0) is 37.1 Å². The van der Waals surface area contributed by atoms with Crippen molar-refractivity contribution in [2.45, 2.75) is 18.9 Å². The van der Waals surface area contributed by atoms with Gasteiger partial charge in [0.1, 0.15) is 0 Å². The van der Waals surface area contributed by atoms with E-state index < -0.39 is 16.1 Å². The van der Waals surface area contributed by atoms with E-state index in [1.165, 1.54) is 0 Å². The van der Waals surface area contributed by atoms with Crippen molar-refractivity contribution in [2.24, 2.45) is 0 Å². The summed E-state index contributed by atoms with van der Waals surface area (Å²) in [7, 11) is -3.27. The molecular weight excluding hydrogens is 360 g/mol. The highest BCUT2D eigenvalue weighted by Crippen LogP contribution is 2.12. The van der Waals surface area contributed by atoms with E-state index in [1.807, 2.05) is 0 Å². The minimum atomic E-state index is -3.27. The zero-order chi connectivity index (χ0) is 19.0. The molecule has 1 fully saturated rings. The maximum Gasteiger partial charge on any atom is 0.319 e. The Morgan fingerprint density at radius 1 is 1.15 bits per heavy atom. The van der Waals surface area contributed by atoms with Gasteiger partial charge in [-0.1, -0.05) is 0 Å². The van der Waals surface area contributed by atoms with E-state index in [0.717, 1.165) is 25.7 Å². The summed E-state index contributed by atoms with van der Waals surface area (Å²) in [5.41, 5.74) is 1.01. The third-order valence-electron chi connectivity index (χ3n) is 3.69. The van der Waals surface area contributed by atoms with Crippen molar-refractivity contribution in [3.8, 4) is 0 Å². The fourth-order valence-corrected chi connectivity index (χ4v) is 2.88. The SMILES string of the molecule is CS(=O)(=O)NCCNC(=O)Nc1ccc(C(=O)NC[C@@H]2CCCO2)cc1. The van der Waals surface area contributed by atoms with E-state index in [1.54, 1.807) is 24.3 Å². The van der Waals surface area contributed by atoms with Crippen LogP contribution in [0.25, 0.3) is 0 Å². The Kier molecular flexibility index (Phi) is 7.37. The minimum Gasteiger partial charge on any atom is -0.376 e. The summed E-state index contributed by atoms with van der Waals surface area (Å²) in [6, 6.07) is 6.01. The summed E-state index contributed by atoms with van der Waals surface area (Å²) < 4.78 is 29.5. The molecule has 0 aliphatic carbocycles. The van der Waals surface area contributed by atoms with Crippen molar-refractivity contribution in [2.75, 3.05) is 37.8 Å². The maximum absolute atomic E-state index is 12.1. The molecule has 0 spiro atoms. The summed E-state index contributed by atoms with van der Waals surface area (Å²) >= 11 is 0. The third kappa shape index (κ3) is 7.38. The molecule has 26 heavy (non-hydrogen) atoms. The molecule has 2 rings (SSSR count). The van der Waals surface area contributed by atoms with Gasteiger partial charge in [0.15, 0.2) is 0 Å². The molecule has 1 aromatic carbocycles. The van der Waals surface area contributed by atoms with E-state index in [2.05, 4.69) is 20.7 Å². The smallest absolute Gasteiger partial charge is 0.319 e. The first-order chi connectivity index (χ1) is 12.3. The van der Waals surface area contributed by atoms with Crippen molar-refractivity contribution in [3.05, 3.63) is 29.8 Å². The minimum absolute atomic E-state index is 0.0840. The Morgan fingerprint density at radius 2 is 1.88 bits per heavy atom. The van der Waals surface area contributed by atoms with Gasteiger partial charge >= 0.3 is 6.03 Å². The van der Waals surface area contributed by atoms with Gasteiger partial charge in [-0.3, -0.25) is 4.79 Å². The Labute approximate surface area is 152 Å². The molecule has 10 heteroatoms. The second kappa shape index (κ2) is 9.51. The van der Waals surface area contributed by atoms with Crippen LogP contribution in [0.3, 0.4) is 0 Å². The van der Waals surface area contributed by atoms with Crippen LogP contribution in [0.15, 0.2) is 24.3 Å². The highest BCUT2D eigenvalue weighted by atomic mass is 32.2. The number of ether oxygens (including phenoxy) is 1. The lowest BCUT2D eigenvalue weighted by atomic mass is 10.2. The summed E-state index contributed by atoms with van der Waals surface area (Å²) in [5, 5.41) is 7.95. The number of carbonyl (C=O) groups excluding carboxylic acids is 2. The molecule has 1 atom stereocenters. The van der Waals surface area contributed by atoms with E-state index >= 15 is 0 Å². The van der Waals surface area contributed by atoms with Crippen LogP contribution in [0.4, 0.5) is 10.5 Å². The van der Waals surface area contributed by atoms with Gasteiger partial charge in [0.05, 0.1) is 12.4 Å². The fraction of sp³-hybridized carbons (Fsp3) is 0.500. The molecule has 1 heterocycles. The second-order valence-electron chi connectivity index (χ2n) is 5.97. The molecule has 0 saturated carbocycles.